The standard InChI is InChI=1S/C17H22N2O/c1-13(11-19-10-9-18-12-19)16(20)14-5-7-15(8-6-14)17(2,3)4/h5-10,12-13H,11H2,1-4H3. The maximum absolute atomic E-state index is 12.4. The lowest BCUT2D eigenvalue weighted by atomic mass is 9.86. The van der Waals surface area contributed by atoms with Crippen LogP contribution in [0.3, 0.4) is 0 Å². The number of Topliss-reactive ketones (excluding diaryl/α,β-unsaturated/α-hetero) is 1. The molecule has 0 saturated carbocycles. The Hall–Kier alpha value is -1.90. The van der Waals surface area contributed by atoms with Crippen LogP contribution < -0.4 is 0 Å². The molecule has 1 aromatic heterocycles. The van der Waals surface area contributed by atoms with Crippen LogP contribution in [0.4, 0.5) is 0 Å². The number of imidazole rings is 1. The Morgan fingerprint density at radius 1 is 1.25 bits per heavy atom. The van der Waals surface area contributed by atoms with Gasteiger partial charge in [0, 0.05) is 30.4 Å². The van der Waals surface area contributed by atoms with Crippen molar-refractivity contribution < 1.29 is 4.79 Å². The monoisotopic (exact) mass is 270 g/mol. The molecule has 0 saturated heterocycles. The van der Waals surface area contributed by atoms with E-state index in [1.54, 1.807) is 12.5 Å². The summed E-state index contributed by atoms with van der Waals surface area (Å²) in [5.74, 6) is 0.129. The Labute approximate surface area is 120 Å². The number of aromatic nitrogens is 2. The predicted octanol–water partition coefficient (Wildman–Crippen LogP) is 3.70. The third-order valence-electron chi connectivity index (χ3n) is 3.53. The lowest BCUT2D eigenvalue weighted by Gasteiger charge is -2.19. The van der Waals surface area contributed by atoms with Gasteiger partial charge in [-0.3, -0.25) is 4.79 Å². The largest absolute Gasteiger partial charge is 0.337 e. The van der Waals surface area contributed by atoms with Crippen molar-refractivity contribution in [3.05, 3.63) is 54.1 Å². The normalized spacial score (nSPS) is 13.2. The maximum Gasteiger partial charge on any atom is 0.167 e. The predicted molar refractivity (Wildman–Crippen MR) is 80.9 cm³/mol. The van der Waals surface area contributed by atoms with Crippen molar-refractivity contribution >= 4 is 5.78 Å². The molecule has 0 aliphatic carbocycles. The molecule has 3 heteroatoms. The van der Waals surface area contributed by atoms with Gasteiger partial charge in [0.15, 0.2) is 5.78 Å². The summed E-state index contributed by atoms with van der Waals surface area (Å²) in [6.45, 7) is 9.14. The molecule has 3 nitrogen and oxygen atoms in total. The van der Waals surface area contributed by atoms with Gasteiger partial charge in [0.25, 0.3) is 0 Å². The Bertz CT molecular complexity index is 562. The molecule has 0 spiro atoms. The van der Waals surface area contributed by atoms with Gasteiger partial charge in [-0.15, -0.1) is 0 Å². The Balaban J connectivity index is 2.09. The van der Waals surface area contributed by atoms with Crippen LogP contribution in [0.1, 0.15) is 43.6 Å². The first kappa shape index (κ1) is 14.5. The molecule has 106 valence electrons. The molecule has 1 atom stereocenters. The highest BCUT2D eigenvalue weighted by molar-refractivity contribution is 5.97. The van der Waals surface area contributed by atoms with Crippen LogP contribution in [0.5, 0.6) is 0 Å². The fourth-order valence-electron chi connectivity index (χ4n) is 2.21. The van der Waals surface area contributed by atoms with Crippen LogP contribution >= 0.6 is 0 Å². The van der Waals surface area contributed by atoms with Gasteiger partial charge in [-0.25, -0.2) is 4.98 Å². The summed E-state index contributed by atoms with van der Waals surface area (Å²) < 4.78 is 1.94. The zero-order valence-corrected chi connectivity index (χ0v) is 12.6. The average molecular weight is 270 g/mol. The quantitative estimate of drug-likeness (QED) is 0.794. The van der Waals surface area contributed by atoms with E-state index in [1.165, 1.54) is 5.56 Å². The minimum absolute atomic E-state index is 0.0512. The summed E-state index contributed by atoms with van der Waals surface area (Å²) in [6.07, 6.45) is 5.36. The van der Waals surface area contributed by atoms with Gasteiger partial charge >= 0.3 is 0 Å². The molecule has 2 aromatic rings. The first-order chi connectivity index (χ1) is 9.38. The molecule has 2 rings (SSSR count). The zero-order valence-electron chi connectivity index (χ0n) is 12.6. The summed E-state index contributed by atoms with van der Waals surface area (Å²) in [4.78, 5) is 16.4. The van der Waals surface area contributed by atoms with Crippen LogP contribution in [0.2, 0.25) is 0 Å². The zero-order chi connectivity index (χ0) is 14.8. The molecule has 0 aliphatic rings. The second-order valence-electron chi connectivity index (χ2n) is 6.35. The Kier molecular flexibility index (Phi) is 4.07. The molecule has 0 amide bonds. The topological polar surface area (TPSA) is 34.9 Å². The summed E-state index contributed by atoms with van der Waals surface area (Å²) in [5.41, 5.74) is 2.14. The highest BCUT2D eigenvalue weighted by Gasteiger charge is 2.17. The third-order valence-corrected chi connectivity index (χ3v) is 3.53. The van der Waals surface area contributed by atoms with Crippen molar-refractivity contribution in [2.24, 2.45) is 5.92 Å². The van der Waals surface area contributed by atoms with E-state index in [0.717, 1.165) is 5.56 Å². The Morgan fingerprint density at radius 3 is 2.40 bits per heavy atom. The molecule has 1 unspecified atom stereocenters. The highest BCUT2D eigenvalue weighted by atomic mass is 16.1. The summed E-state index contributed by atoms with van der Waals surface area (Å²) in [5, 5.41) is 0. The van der Waals surface area contributed by atoms with Crippen LogP contribution in [-0.4, -0.2) is 15.3 Å². The van der Waals surface area contributed by atoms with Crippen molar-refractivity contribution in [3.63, 3.8) is 0 Å². The van der Waals surface area contributed by atoms with Gasteiger partial charge in [0.2, 0.25) is 0 Å². The smallest absolute Gasteiger partial charge is 0.167 e. The van der Waals surface area contributed by atoms with Crippen molar-refractivity contribution in [2.45, 2.75) is 39.7 Å². The first-order valence-electron chi connectivity index (χ1n) is 6.98. The molecule has 0 bridgehead atoms. The van der Waals surface area contributed by atoms with Crippen LogP contribution in [0.15, 0.2) is 43.0 Å². The van der Waals surface area contributed by atoms with Crippen molar-refractivity contribution in [1.29, 1.82) is 0 Å². The van der Waals surface area contributed by atoms with E-state index in [1.807, 2.05) is 29.8 Å². The number of carbonyl (C=O) groups is 1. The third kappa shape index (κ3) is 3.35. The molecule has 0 radical (unpaired) electrons. The van der Waals surface area contributed by atoms with E-state index < -0.39 is 0 Å². The summed E-state index contributed by atoms with van der Waals surface area (Å²) in [7, 11) is 0. The van der Waals surface area contributed by atoms with E-state index in [2.05, 4.69) is 37.9 Å². The van der Waals surface area contributed by atoms with Crippen molar-refractivity contribution in [1.82, 2.24) is 9.55 Å². The lowest BCUT2D eigenvalue weighted by Crippen LogP contribution is -2.17. The maximum atomic E-state index is 12.4. The molecule has 20 heavy (non-hydrogen) atoms. The number of hydrogen-bond donors (Lipinski definition) is 0. The molecule has 0 aliphatic heterocycles. The van der Waals surface area contributed by atoms with Crippen molar-refractivity contribution in [3.8, 4) is 0 Å². The summed E-state index contributed by atoms with van der Waals surface area (Å²) in [6, 6.07) is 7.98. The minimum Gasteiger partial charge on any atom is -0.337 e. The summed E-state index contributed by atoms with van der Waals surface area (Å²) >= 11 is 0. The minimum atomic E-state index is -0.0512. The number of ketones is 1. The molecule has 0 N–H and O–H groups in total. The van der Waals surface area contributed by atoms with Gasteiger partial charge < -0.3 is 4.57 Å². The number of carbonyl (C=O) groups excluding carboxylic acids is 1. The van der Waals surface area contributed by atoms with E-state index in [4.69, 9.17) is 0 Å². The highest BCUT2D eigenvalue weighted by Crippen LogP contribution is 2.23. The Morgan fingerprint density at radius 2 is 1.90 bits per heavy atom. The second kappa shape index (κ2) is 5.61. The van der Waals surface area contributed by atoms with Crippen molar-refractivity contribution in [2.75, 3.05) is 0 Å². The second-order valence-corrected chi connectivity index (χ2v) is 6.35. The number of nitrogens with zero attached hydrogens (tertiary/aromatic N) is 2. The molecular weight excluding hydrogens is 248 g/mol. The van der Waals surface area contributed by atoms with Gasteiger partial charge in [0.1, 0.15) is 0 Å². The fourth-order valence-corrected chi connectivity index (χ4v) is 2.21. The van der Waals surface area contributed by atoms with Crippen LogP contribution in [0, 0.1) is 5.92 Å². The number of hydrogen-bond acceptors (Lipinski definition) is 2. The van der Waals surface area contributed by atoms with Gasteiger partial charge in [-0.1, -0.05) is 52.0 Å². The molecular formula is C17H22N2O. The molecule has 0 fully saturated rings. The van der Waals surface area contributed by atoms with E-state index in [0.29, 0.717) is 6.54 Å². The van der Waals surface area contributed by atoms with Crippen LogP contribution in [0.25, 0.3) is 0 Å². The van der Waals surface area contributed by atoms with Gasteiger partial charge in [0.05, 0.1) is 6.33 Å². The lowest BCUT2D eigenvalue weighted by molar-refractivity contribution is 0.0918. The van der Waals surface area contributed by atoms with Crippen LogP contribution in [-0.2, 0) is 12.0 Å². The number of benzene rings is 1. The van der Waals surface area contributed by atoms with Gasteiger partial charge in [-0.2, -0.15) is 0 Å². The SMILES string of the molecule is CC(Cn1ccnc1)C(=O)c1ccc(C(C)(C)C)cc1. The number of rotatable bonds is 4. The first-order valence-corrected chi connectivity index (χ1v) is 6.98. The molecule has 1 heterocycles. The van der Waals surface area contributed by atoms with E-state index >= 15 is 0 Å². The van der Waals surface area contributed by atoms with Gasteiger partial charge in [-0.05, 0) is 11.0 Å². The average Bonchev–Trinajstić information content (AvgIpc) is 2.90. The van der Waals surface area contributed by atoms with E-state index in [9.17, 15) is 4.79 Å². The molecule has 1 aromatic carbocycles. The van der Waals surface area contributed by atoms with E-state index in [-0.39, 0.29) is 17.1 Å². The fraction of sp³-hybridized carbons (Fsp3) is 0.412.